The maximum absolute atomic E-state index is 9.92. The van der Waals surface area contributed by atoms with Gasteiger partial charge in [-0.15, -0.1) is 0 Å². The van der Waals surface area contributed by atoms with Crippen LogP contribution in [0.2, 0.25) is 20.1 Å². The van der Waals surface area contributed by atoms with Gasteiger partial charge >= 0.3 is 0 Å². The van der Waals surface area contributed by atoms with Crippen molar-refractivity contribution in [3.63, 3.8) is 0 Å². The van der Waals surface area contributed by atoms with Crippen LogP contribution < -0.4 is 9.47 Å². The van der Waals surface area contributed by atoms with Crippen LogP contribution in [0.25, 0.3) is 0 Å². The molecule has 0 saturated carbocycles. The number of fused-ring (bicyclic) bond motifs is 2. The van der Waals surface area contributed by atoms with Crippen molar-refractivity contribution in [2.75, 3.05) is 0 Å². The fourth-order valence-corrected chi connectivity index (χ4v) is 3.03. The third-order valence-corrected chi connectivity index (χ3v) is 5.18. The summed E-state index contributed by atoms with van der Waals surface area (Å²) in [5.74, 6) is 0.0341. The van der Waals surface area contributed by atoms with Crippen LogP contribution in [0.3, 0.4) is 0 Å². The average molecular weight is 382 g/mol. The molecule has 0 radical (unpaired) electrons. The van der Waals surface area contributed by atoms with Crippen molar-refractivity contribution >= 4 is 46.4 Å². The van der Waals surface area contributed by atoms with Crippen LogP contribution in [0.4, 0.5) is 0 Å². The van der Waals surface area contributed by atoms with E-state index in [2.05, 4.69) is 0 Å². The van der Waals surface area contributed by atoms with Crippen molar-refractivity contribution in [2.45, 2.75) is 13.8 Å². The molecule has 3 rings (SSSR count). The summed E-state index contributed by atoms with van der Waals surface area (Å²) in [5.41, 5.74) is 0.587. The van der Waals surface area contributed by atoms with E-state index in [1.54, 1.807) is 13.8 Å². The van der Waals surface area contributed by atoms with E-state index in [0.29, 0.717) is 11.1 Å². The Bertz CT molecular complexity index is 698. The Kier molecular flexibility index (Phi) is 3.68. The van der Waals surface area contributed by atoms with Crippen LogP contribution in [0.15, 0.2) is 0 Å². The van der Waals surface area contributed by atoms with Gasteiger partial charge in [0, 0.05) is 11.1 Å². The van der Waals surface area contributed by atoms with Crippen LogP contribution in [0.5, 0.6) is 34.5 Å². The second-order valence-corrected chi connectivity index (χ2v) is 6.24. The lowest BCUT2D eigenvalue weighted by Crippen LogP contribution is -2.04. The predicted molar refractivity (Wildman–Crippen MR) is 85.9 cm³/mol. The van der Waals surface area contributed by atoms with E-state index in [9.17, 15) is 10.2 Å². The van der Waals surface area contributed by atoms with Crippen LogP contribution in [-0.4, -0.2) is 10.2 Å². The molecule has 0 unspecified atom stereocenters. The smallest absolute Gasteiger partial charge is 0.191 e. The Hall–Kier alpha value is -1.20. The van der Waals surface area contributed by atoms with E-state index in [0.717, 1.165) is 0 Å². The Morgan fingerprint density at radius 3 is 1.23 bits per heavy atom. The van der Waals surface area contributed by atoms with Gasteiger partial charge in [-0.1, -0.05) is 46.4 Å². The summed E-state index contributed by atoms with van der Waals surface area (Å²) in [4.78, 5) is 0. The minimum Gasteiger partial charge on any atom is -0.504 e. The van der Waals surface area contributed by atoms with Gasteiger partial charge in [0.15, 0.2) is 34.5 Å². The third-order valence-electron chi connectivity index (χ3n) is 3.41. The highest BCUT2D eigenvalue weighted by Crippen LogP contribution is 2.60. The summed E-state index contributed by atoms with van der Waals surface area (Å²) in [6.45, 7) is 3.13. The summed E-state index contributed by atoms with van der Waals surface area (Å²) >= 11 is 24.3. The fraction of sp³-hybridized carbons (Fsp3) is 0.143. The highest BCUT2D eigenvalue weighted by atomic mass is 35.5. The van der Waals surface area contributed by atoms with E-state index in [1.807, 2.05) is 0 Å². The Morgan fingerprint density at radius 2 is 0.909 bits per heavy atom. The molecule has 0 aromatic heterocycles. The fourth-order valence-electron chi connectivity index (χ4n) is 2.13. The van der Waals surface area contributed by atoms with Gasteiger partial charge in [-0.25, -0.2) is 0 Å². The molecule has 0 spiro atoms. The maximum atomic E-state index is 9.92. The van der Waals surface area contributed by atoms with Gasteiger partial charge in [0.25, 0.3) is 0 Å². The van der Waals surface area contributed by atoms with Crippen LogP contribution in [0.1, 0.15) is 11.1 Å². The molecule has 0 atom stereocenters. The zero-order chi connectivity index (χ0) is 16.3. The Balaban J connectivity index is 2.32. The predicted octanol–water partition coefficient (Wildman–Crippen LogP) is 6.23. The molecule has 2 N–H and O–H groups in total. The summed E-state index contributed by atoms with van der Waals surface area (Å²) < 4.78 is 11.4. The zero-order valence-electron chi connectivity index (χ0n) is 11.2. The van der Waals surface area contributed by atoms with Crippen molar-refractivity contribution in [1.29, 1.82) is 0 Å². The summed E-state index contributed by atoms with van der Waals surface area (Å²) in [5, 5.41) is 20.0. The lowest BCUT2D eigenvalue weighted by molar-refractivity contribution is 0.339. The highest BCUT2D eigenvalue weighted by Gasteiger charge is 2.33. The summed E-state index contributed by atoms with van der Waals surface area (Å²) in [6.07, 6.45) is 0. The maximum Gasteiger partial charge on any atom is 0.191 e. The van der Waals surface area contributed by atoms with Gasteiger partial charge < -0.3 is 19.7 Å². The highest BCUT2D eigenvalue weighted by molar-refractivity contribution is 6.53. The number of ether oxygens (including phenoxy) is 2. The topological polar surface area (TPSA) is 58.9 Å². The molecule has 0 bridgehead atoms. The first kappa shape index (κ1) is 15.7. The number of rotatable bonds is 0. The molecule has 0 amide bonds. The molecule has 116 valence electrons. The van der Waals surface area contributed by atoms with E-state index >= 15 is 0 Å². The first-order valence-electron chi connectivity index (χ1n) is 6.02. The second kappa shape index (κ2) is 5.17. The van der Waals surface area contributed by atoms with Gasteiger partial charge in [-0.05, 0) is 13.8 Å². The molecular formula is C14H8Cl4O4. The molecule has 1 aliphatic rings. The molecule has 0 saturated heterocycles. The van der Waals surface area contributed by atoms with E-state index in [4.69, 9.17) is 55.9 Å². The van der Waals surface area contributed by atoms with Crippen LogP contribution in [0, 0.1) is 13.8 Å². The molecule has 4 nitrogen and oxygen atoms in total. The van der Waals surface area contributed by atoms with Gasteiger partial charge in [0.2, 0.25) is 0 Å². The normalized spacial score (nSPS) is 12.3. The molecule has 2 aromatic rings. The van der Waals surface area contributed by atoms with Gasteiger partial charge in [0.1, 0.15) is 10.0 Å². The molecule has 1 aliphatic heterocycles. The number of phenols is 2. The number of phenolic OH excluding ortho intramolecular Hbond substituents is 2. The largest absolute Gasteiger partial charge is 0.504 e. The standard InChI is InChI=1S/C14H8Cl4O4/c1-3-9(19)10(20)4(2)12-11(3)21-13-7(17)5(15)6(16)8(18)14(13)22-12/h19-20H,1-2H3. The Morgan fingerprint density at radius 1 is 0.591 bits per heavy atom. The van der Waals surface area contributed by atoms with E-state index in [-0.39, 0.29) is 54.6 Å². The number of halogens is 4. The van der Waals surface area contributed by atoms with Gasteiger partial charge in [-0.2, -0.15) is 0 Å². The molecular weight excluding hydrogens is 374 g/mol. The first-order chi connectivity index (χ1) is 10.3. The van der Waals surface area contributed by atoms with Crippen molar-refractivity contribution in [1.82, 2.24) is 0 Å². The average Bonchev–Trinajstić information content (AvgIpc) is 2.52. The van der Waals surface area contributed by atoms with Crippen LogP contribution >= 0.6 is 46.4 Å². The van der Waals surface area contributed by atoms with E-state index in [1.165, 1.54) is 0 Å². The van der Waals surface area contributed by atoms with Crippen molar-refractivity contribution < 1.29 is 19.7 Å². The molecule has 8 heteroatoms. The molecule has 0 fully saturated rings. The SMILES string of the molecule is Cc1c(O)c(O)c(C)c2c1Oc1c(Cl)c(Cl)c(Cl)c(Cl)c1O2. The number of aromatic hydroxyl groups is 2. The second-order valence-electron chi connectivity index (χ2n) is 4.72. The van der Waals surface area contributed by atoms with Crippen molar-refractivity contribution in [3.8, 4) is 34.5 Å². The van der Waals surface area contributed by atoms with Crippen molar-refractivity contribution in [2.24, 2.45) is 0 Å². The number of hydrogen-bond donors (Lipinski definition) is 2. The molecule has 22 heavy (non-hydrogen) atoms. The summed E-state index contributed by atoms with van der Waals surface area (Å²) in [6, 6.07) is 0. The van der Waals surface area contributed by atoms with Gasteiger partial charge in [-0.3, -0.25) is 0 Å². The quantitative estimate of drug-likeness (QED) is 0.275. The lowest BCUT2D eigenvalue weighted by atomic mass is 10.1. The lowest BCUT2D eigenvalue weighted by Gasteiger charge is -2.26. The zero-order valence-corrected chi connectivity index (χ0v) is 14.2. The first-order valence-corrected chi connectivity index (χ1v) is 7.53. The van der Waals surface area contributed by atoms with E-state index < -0.39 is 0 Å². The number of hydrogen-bond acceptors (Lipinski definition) is 4. The number of benzene rings is 2. The molecule has 0 aliphatic carbocycles. The molecule has 1 heterocycles. The minimum atomic E-state index is -0.300. The Labute approximate surface area is 145 Å². The van der Waals surface area contributed by atoms with Crippen molar-refractivity contribution in [3.05, 3.63) is 31.2 Å². The van der Waals surface area contributed by atoms with Gasteiger partial charge in [0.05, 0.1) is 10.0 Å². The van der Waals surface area contributed by atoms with Crippen LogP contribution in [-0.2, 0) is 0 Å². The molecule has 2 aromatic carbocycles. The monoisotopic (exact) mass is 380 g/mol. The minimum absolute atomic E-state index is 0.0384. The summed E-state index contributed by atoms with van der Waals surface area (Å²) in [7, 11) is 0. The third kappa shape index (κ3) is 1.98.